The average molecular weight is 678 g/mol. The molecule has 1 aliphatic heterocycles. The van der Waals surface area contributed by atoms with E-state index in [4.69, 9.17) is 0 Å². The molecule has 0 atom stereocenters. The van der Waals surface area contributed by atoms with Gasteiger partial charge in [-0.15, -0.1) is 0 Å². The Morgan fingerprint density at radius 1 is 0.542 bits per heavy atom. The Morgan fingerprint density at radius 2 is 0.938 bits per heavy atom. The monoisotopic (exact) mass is 677 g/mol. The highest BCUT2D eigenvalue weighted by Crippen LogP contribution is 2.37. The van der Waals surface area contributed by atoms with Crippen LogP contribution in [-0.4, -0.2) is 39.5 Å². The van der Waals surface area contributed by atoms with E-state index in [1.54, 1.807) is 24.3 Å². The third-order valence-electron chi connectivity index (χ3n) is 11.0. The molecule has 0 unspecified atom stereocenters. The highest BCUT2D eigenvalue weighted by molar-refractivity contribution is 6.92. The first-order valence-electron chi connectivity index (χ1n) is 16.3. The summed E-state index contributed by atoms with van der Waals surface area (Å²) in [6.45, 7) is 22.6. The lowest BCUT2D eigenvalue weighted by molar-refractivity contribution is 0.0922. The van der Waals surface area contributed by atoms with Crippen molar-refractivity contribution < 1.29 is 23.6 Å². The molecule has 0 spiro atoms. The van der Waals surface area contributed by atoms with Crippen LogP contribution >= 0.6 is 0 Å². The maximum Gasteiger partial charge on any atom is 0.266 e. The molecule has 4 aromatic rings. The van der Waals surface area contributed by atoms with Crippen molar-refractivity contribution in [1.82, 2.24) is 0 Å². The molecule has 1 heterocycles. The van der Waals surface area contributed by atoms with E-state index >= 15 is 0 Å². The van der Waals surface area contributed by atoms with Gasteiger partial charge in [0.25, 0.3) is 11.8 Å². The Morgan fingerprint density at radius 3 is 1.33 bits per heavy atom. The number of carbonyl (C=O) groups is 4. The summed E-state index contributed by atoms with van der Waals surface area (Å²) in [7, 11) is -3.69. The van der Waals surface area contributed by atoms with Crippen LogP contribution in [0.2, 0.25) is 36.3 Å². The van der Waals surface area contributed by atoms with Gasteiger partial charge in [-0.25, -0.2) is 9.29 Å². The number of nitrogens with zero attached hydrogens (tertiary/aromatic N) is 1. The van der Waals surface area contributed by atoms with Gasteiger partial charge in [0, 0.05) is 22.3 Å². The Bertz CT molecular complexity index is 1860. The van der Waals surface area contributed by atoms with Gasteiger partial charge in [0.05, 0.1) is 33.0 Å². The highest BCUT2D eigenvalue weighted by atomic mass is 28.3. The number of amides is 2. The average Bonchev–Trinajstić information content (AvgIpc) is 3.27. The lowest BCUT2D eigenvalue weighted by Crippen LogP contribution is -2.49. The lowest BCUT2D eigenvalue weighted by atomic mass is 9.96. The lowest BCUT2D eigenvalue weighted by Gasteiger charge is -2.37. The van der Waals surface area contributed by atoms with Gasteiger partial charge < -0.3 is 0 Å². The fourth-order valence-electron chi connectivity index (χ4n) is 5.73. The van der Waals surface area contributed by atoms with Crippen molar-refractivity contribution in [1.29, 1.82) is 0 Å². The van der Waals surface area contributed by atoms with Crippen LogP contribution in [0.25, 0.3) is 0 Å². The van der Waals surface area contributed by atoms with E-state index in [0.29, 0.717) is 11.1 Å². The van der Waals surface area contributed by atoms with E-state index in [2.05, 4.69) is 67.7 Å². The van der Waals surface area contributed by atoms with E-state index in [1.165, 1.54) is 34.6 Å². The van der Waals surface area contributed by atoms with E-state index in [-0.39, 0.29) is 49.6 Å². The van der Waals surface area contributed by atoms with Crippen molar-refractivity contribution in [3.8, 4) is 0 Å². The molecule has 0 bridgehead atoms. The minimum absolute atomic E-state index is 0.0629. The zero-order valence-electron chi connectivity index (χ0n) is 29.5. The molecule has 0 aliphatic carbocycles. The molecule has 5 rings (SSSR count). The minimum Gasteiger partial charge on any atom is -0.289 e. The SMILES string of the molecule is CC(C)(C)[Si](C)(C)c1ccc(C(=O)c2cc(C(=O)c3ccc([Si](C)(C)C(C)(C)C)cc3)cc(N3C(=O)c4ccc(F)cc4C3=O)c2)cc1. The normalized spacial score (nSPS) is 13.9. The molecular formula is C40H44FNO4Si2. The molecule has 248 valence electrons. The molecule has 4 aromatic carbocycles. The maximum absolute atomic E-state index is 14.1. The van der Waals surface area contributed by atoms with Crippen molar-refractivity contribution in [2.45, 2.75) is 77.8 Å². The Kier molecular flexibility index (Phi) is 8.76. The summed E-state index contributed by atoms with van der Waals surface area (Å²) >= 11 is 0. The number of anilines is 1. The summed E-state index contributed by atoms with van der Waals surface area (Å²) in [5, 5.41) is 2.66. The van der Waals surface area contributed by atoms with Gasteiger partial charge in [0.1, 0.15) is 5.82 Å². The van der Waals surface area contributed by atoms with Crippen LogP contribution in [0, 0.1) is 5.82 Å². The zero-order valence-corrected chi connectivity index (χ0v) is 31.5. The molecule has 5 nitrogen and oxygen atoms in total. The van der Waals surface area contributed by atoms with E-state index in [9.17, 15) is 23.6 Å². The molecule has 2 amide bonds. The molecular weight excluding hydrogens is 634 g/mol. The van der Waals surface area contributed by atoms with Gasteiger partial charge in [0.15, 0.2) is 11.6 Å². The maximum atomic E-state index is 14.1. The Balaban J connectivity index is 1.59. The number of ketones is 2. The topological polar surface area (TPSA) is 71.5 Å². The van der Waals surface area contributed by atoms with Gasteiger partial charge in [-0.2, -0.15) is 0 Å². The predicted molar refractivity (Wildman–Crippen MR) is 197 cm³/mol. The molecule has 8 heteroatoms. The van der Waals surface area contributed by atoms with E-state index in [0.717, 1.165) is 17.0 Å². The molecule has 0 fully saturated rings. The van der Waals surface area contributed by atoms with Crippen molar-refractivity contribution >= 4 is 55.6 Å². The summed E-state index contributed by atoms with van der Waals surface area (Å²) in [5.74, 6) is -2.68. The zero-order chi connectivity index (χ0) is 35.6. The summed E-state index contributed by atoms with van der Waals surface area (Å²) in [5.41, 5.74) is 1.26. The van der Waals surface area contributed by atoms with E-state index < -0.39 is 33.8 Å². The molecule has 0 saturated heterocycles. The fourth-order valence-corrected chi connectivity index (χ4v) is 9.46. The standard InChI is InChI=1S/C40H44FNO4Si2/c1-39(2,3)47(7,8)31-16-11-25(12-17-31)35(43)27-21-28(36(44)26-13-18-32(19-14-26)48(9,10)40(4,5)6)23-30(22-27)42-37(45)33-20-15-29(41)24-34(33)38(42)46/h11-24H,1-10H3. The van der Waals surface area contributed by atoms with Crippen molar-refractivity contribution in [2.24, 2.45) is 0 Å². The number of carbonyl (C=O) groups excluding carboxylic acids is 4. The fraction of sp³-hybridized carbons (Fsp3) is 0.300. The predicted octanol–water partition coefficient (Wildman–Crippen LogP) is 8.52. The molecule has 0 radical (unpaired) electrons. The number of hydrogen-bond acceptors (Lipinski definition) is 4. The molecule has 0 saturated carbocycles. The first-order chi connectivity index (χ1) is 22.1. The third-order valence-corrected chi connectivity index (χ3v) is 22.1. The number of benzene rings is 4. The molecule has 0 aromatic heterocycles. The van der Waals surface area contributed by atoms with Gasteiger partial charge in [0.2, 0.25) is 0 Å². The second-order valence-electron chi connectivity index (χ2n) is 16.0. The van der Waals surface area contributed by atoms with E-state index in [1.807, 2.05) is 24.3 Å². The van der Waals surface area contributed by atoms with Crippen LogP contribution in [0.15, 0.2) is 84.9 Å². The highest BCUT2D eigenvalue weighted by Gasteiger charge is 2.39. The number of halogens is 1. The van der Waals surface area contributed by atoms with Crippen LogP contribution in [-0.2, 0) is 0 Å². The van der Waals surface area contributed by atoms with Crippen LogP contribution in [0.3, 0.4) is 0 Å². The Hall–Kier alpha value is -4.28. The molecule has 0 N–H and O–H groups in total. The van der Waals surface area contributed by atoms with Crippen molar-refractivity contribution in [3.63, 3.8) is 0 Å². The van der Waals surface area contributed by atoms with Gasteiger partial charge in [-0.05, 0) is 46.5 Å². The number of hydrogen-bond donors (Lipinski definition) is 0. The molecule has 48 heavy (non-hydrogen) atoms. The van der Waals surface area contributed by atoms with Crippen LogP contribution in [0.4, 0.5) is 10.1 Å². The quantitative estimate of drug-likeness (QED) is 0.112. The third kappa shape index (κ3) is 6.08. The van der Waals surface area contributed by atoms with Crippen LogP contribution in [0.5, 0.6) is 0 Å². The first kappa shape index (κ1) is 35.0. The summed E-state index contributed by atoms with van der Waals surface area (Å²) in [6, 6.07) is 23.1. The smallest absolute Gasteiger partial charge is 0.266 e. The summed E-state index contributed by atoms with van der Waals surface area (Å²) in [4.78, 5) is 55.9. The summed E-state index contributed by atoms with van der Waals surface area (Å²) in [6.07, 6.45) is 0. The van der Waals surface area contributed by atoms with Gasteiger partial charge in [-0.1, -0.05) is 127 Å². The number of fused-ring (bicyclic) bond motifs is 1. The second kappa shape index (κ2) is 12.0. The van der Waals surface area contributed by atoms with Crippen LogP contribution < -0.4 is 15.3 Å². The number of rotatable bonds is 7. The minimum atomic E-state index is -1.85. The van der Waals surface area contributed by atoms with Gasteiger partial charge in [-0.3, -0.25) is 19.2 Å². The first-order valence-corrected chi connectivity index (χ1v) is 22.3. The second-order valence-corrected chi connectivity index (χ2v) is 26.6. The largest absolute Gasteiger partial charge is 0.289 e. The van der Waals surface area contributed by atoms with Gasteiger partial charge >= 0.3 is 0 Å². The van der Waals surface area contributed by atoms with Crippen molar-refractivity contribution in [3.05, 3.63) is 124 Å². The Labute approximate surface area is 285 Å². The molecule has 1 aliphatic rings. The van der Waals surface area contributed by atoms with Crippen molar-refractivity contribution in [2.75, 3.05) is 4.90 Å². The summed E-state index contributed by atoms with van der Waals surface area (Å²) < 4.78 is 14.1. The van der Waals surface area contributed by atoms with Crippen LogP contribution in [0.1, 0.15) is 94.1 Å². The number of imide groups is 1.